The maximum atomic E-state index is 13.7. The Morgan fingerprint density at radius 2 is 1.66 bits per heavy atom. The summed E-state index contributed by atoms with van der Waals surface area (Å²) in [7, 11) is 0. The van der Waals surface area contributed by atoms with E-state index in [4.69, 9.17) is 9.84 Å². The molecule has 0 radical (unpaired) electrons. The fourth-order valence-corrected chi connectivity index (χ4v) is 4.97. The number of nitrogens with zero attached hydrogens (tertiary/aromatic N) is 1. The largest absolute Gasteiger partial charge is 0.480 e. The Bertz CT molecular complexity index is 871. The van der Waals surface area contributed by atoms with Gasteiger partial charge in [0.15, 0.2) is 0 Å². The van der Waals surface area contributed by atoms with Crippen LogP contribution in [-0.4, -0.2) is 83.4 Å². The van der Waals surface area contributed by atoms with Crippen LogP contribution in [0.2, 0.25) is 0 Å². The zero-order chi connectivity index (χ0) is 28.2. The molecule has 38 heavy (non-hydrogen) atoms. The Balaban J connectivity index is 2.13. The number of carboxylic acid groups (broad SMARTS) is 1. The predicted molar refractivity (Wildman–Crippen MR) is 137 cm³/mol. The van der Waals surface area contributed by atoms with Crippen molar-refractivity contribution in [1.82, 2.24) is 20.9 Å². The molecule has 0 aromatic heterocycles. The number of ether oxygens (including phenoxy) is 1. The fraction of sp³-hybridized carbons (Fsp3) is 0.769. The van der Waals surface area contributed by atoms with Gasteiger partial charge in [0.25, 0.3) is 5.91 Å². The monoisotopic (exact) mass is 538 g/mol. The Hall–Kier alpha value is -3.18. The van der Waals surface area contributed by atoms with E-state index in [1.165, 1.54) is 4.90 Å². The summed E-state index contributed by atoms with van der Waals surface area (Å²) in [5.41, 5.74) is 0. The smallest absolute Gasteiger partial charge is 0.407 e. The minimum atomic E-state index is -1.29. The highest BCUT2D eigenvalue weighted by Crippen LogP contribution is 2.29. The van der Waals surface area contributed by atoms with Crippen LogP contribution >= 0.6 is 0 Å². The lowest BCUT2D eigenvalue weighted by molar-refractivity contribution is -0.144. The number of hydrogen-bond donors (Lipinski definition) is 4. The molecule has 1 saturated heterocycles. The summed E-state index contributed by atoms with van der Waals surface area (Å²) in [6.07, 6.45) is 5.49. The molecule has 1 saturated carbocycles. The van der Waals surface area contributed by atoms with Gasteiger partial charge in [-0.3, -0.25) is 24.0 Å². The molecule has 1 aliphatic carbocycles. The van der Waals surface area contributed by atoms with Gasteiger partial charge < -0.3 is 30.7 Å². The van der Waals surface area contributed by atoms with Gasteiger partial charge >= 0.3 is 12.1 Å². The van der Waals surface area contributed by atoms with E-state index in [-0.39, 0.29) is 30.8 Å². The van der Waals surface area contributed by atoms with E-state index >= 15 is 0 Å². The molecule has 214 valence electrons. The van der Waals surface area contributed by atoms with Crippen molar-refractivity contribution in [3.8, 4) is 0 Å². The Morgan fingerprint density at radius 1 is 0.974 bits per heavy atom. The summed E-state index contributed by atoms with van der Waals surface area (Å²) in [6.45, 7) is 5.45. The maximum absolute atomic E-state index is 13.7. The number of ketones is 1. The Kier molecular flexibility index (Phi) is 12.5. The standard InChI is InChI=1S/C26H42N4O8/c1-4-9-18(22(33)24(35)27-14-20(31)32)28-23(34)19-12-8-13-30(19)25(36)21(17-10-6-5-7-11-17)29-26(37)38-15-16(2)3/h16-19,21H,4-15H2,1-3H3,(H,27,35)(H,28,34)(H,29,37)(H,31,32). The lowest BCUT2D eigenvalue weighted by Crippen LogP contribution is -2.58. The summed E-state index contributed by atoms with van der Waals surface area (Å²) < 4.78 is 5.26. The average molecular weight is 539 g/mol. The SMILES string of the molecule is CCCC(NC(=O)C1CCCN1C(=O)C(NC(=O)OCC(C)C)C1CCCCC1)C(=O)C(=O)NCC(=O)O. The molecule has 12 nitrogen and oxygen atoms in total. The number of alkyl carbamates (subject to hydrolysis) is 1. The third-order valence-corrected chi connectivity index (χ3v) is 6.88. The number of carboxylic acids is 1. The van der Waals surface area contributed by atoms with Gasteiger partial charge in [-0.05, 0) is 43.9 Å². The highest BCUT2D eigenvalue weighted by molar-refractivity contribution is 6.38. The van der Waals surface area contributed by atoms with Crippen molar-refractivity contribution in [1.29, 1.82) is 0 Å². The van der Waals surface area contributed by atoms with Gasteiger partial charge in [-0.2, -0.15) is 0 Å². The number of aliphatic carboxylic acids is 1. The van der Waals surface area contributed by atoms with Crippen LogP contribution in [0.15, 0.2) is 0 Å². The minimum Gasteiger partial charge on any atom is -0.480 e. The number of likely N-dealkylation sites (tertiary alicyclic amines) is 1. The van der Waals surface area contributed by atoms with Gasteiger partial charge in [0.05, 0.1) is 12.6 Å². The molecule has 0 bridgehead atoms. The molecule has 0 aromatic rings. The van der Waals surface area contributed by atoms with Crippen molar-refractivity contribution in [2.24, 2.45) is 11.8 Å². The van der Waals surface area contributed by atoms with Crippen LogP contribution in [0.3, 0.4) is 0 Å². The van der Waals surface area contributed by atoms with E-state index in [0.29, 0.717) is 25.8 Å². The van der Waals surface area contributed by atoms with Crippen LogP contribution in [0.1, 0.15) is 78.6 Å². The van der Waals surface area contributed by atoms with E-state index < -0.39 is 54.3 Å². The van der Waals surface area contributed by atoms with Gasteiger partial charge in [0, 0.05) is 6.54 Å². The molecular formula is C26H42N4O8. The summed E-state index contributed by atoms with van der Waals surface area (Å²) in [5, 5.41) is 16.1. The number of rotatable bonds is 13. The Morgan fingerprint density at radius 3 is 2.26 bits per heavy atom. The molecule has 4 amide bonds. The fourth-order valence-electron chi connectivity index (χ4n) is 4.97. The second kappa shape index (κ2) is 15.3. The number of carbonyl (C=O) groups excluding carboxylic acids is 5. The zero-order valence-electron chi connectivity index (χ0n) is 22.6. The quantitative estimate of drug-likeness (QED) is 0.255. The molecule has 0 aromatic carbocycles. The van der Waals surface area contributed by atoms with E-state index in [1.54, 1.807) is 6.92 Å². The molecule has 2 fully saturated rings. The van der Waals surface area contributed by atoms with E-state index in [0.717, 1.165) is 32.1 Å². The van der Waals surface area contributed by atoms with E-state index in [9.17, 15) is 28.8 Å². The molecule has 3 atom stereocenters. The summed E-state index contributed by atoms with van der Waals surface area (Å²) in [4.78, 5) is 76.3. The first kappa shape index (κ1) is 31.0. The van der Waals surface area contributed by atoms with Gasteiger partial charge in [-0.15, -0.1) is 0 Å². The summed E-state index contributed by atoms with van der Waals surface area (Å²) in [6, 6.07) is -2.81. The van der Waals surface area contributed by atoms with Crippen molar-refractivity contribution < 1.29 is 38.6 Å². The molecule has 1 aliphatic heterocycles. The van der Waals surface area contributed by atoms with Crippen LogP contribution in [0.5, 0.6) is 0 Å². The van der Waals surface area contributed by atoms with Crippen molar-refractivity contribution >= 4 is 35.6 Å². The first-order chi connectivity index (χ1) is 18.0. The number of nitrogens with one attached hydrogen (secondary N) is 3. The maximum Gasteiger partial charge on any atom is 0.407 e. The third-order valence-electron chi connectivity index (χ3n) is 6.88. The van der Waals surface area contributed by atoms with Crippen LogP contribution in [0.4, 0.5) is 4.79 Å². The van der Waals surface area contributed by atoms with Crippen molar-refractivity contribution in [3.63, 3.8) is 0 Å². The van der Waals surface area contributed by atoms with Crippen LogP contribution in [0, 0.1) is 11.8 Å². The summed E-state index contributed by atoms with van der Waals surface area (Å²) >= 11 is 0. The molecule has 0 spiro atoms. The van der Waals surface area contributed by atoms with Crippen molar-refractivity contribution in [2.45, 2.75) is 96.7 Å². The normalized spacial score (nSPS) is 19.4. The van der Waals surface area contributed by atoms with Gasteiger partial charge in [0.2, 0.25) is 17.6 Å². The molecule has 12 heteroatoms. The minimum absolute atomic E-state index is 0.0699. The average Bonchev–Trinajstić information content (AvgIpc) is 3.39. The zero-order valence-corrected chi connectivity index (χ0v) is 22.6. The summed E-state index contributed by atoms with van der Waals surface area (Å²) in [5.74, 6) is -4.16. The number of amides is 4. The van der Waals surface area contributed by atoms with Gasteiger partial charge in [0.1, 0.15) is 18.6 Å². The topological polar surface area (TPSA) is 171 Å². The van der Waals surface area contributed by atoms with E-state index in [1.807, 2.05) is 19.2 Å². The molecule has 4 N–H and O–H groups in total. The van der Waals surface area contributed by atoms with Crippen LogP contribution < -0.4 is 16.0 Å². The van der Waals surface area contributed by atoms with E-state index in [2.05, 4.69) is 10.6 Å². The predicted octanol–water partition coefficient (Wildman–Crippen LogP) is 1.36. The van der Waals surface area contributed by atoms with Crippen LogP contribution in [0.25, 0.3) is 0 Å². The lowest BCUT2D eigenvalue weighted by atomic mass is 9.83. The number of Topliss-reactive ketones (excluding diaryl/α,β-unsaturated/α-hetero) is 1. The third kappa shape index (κ3) is 9.29. The molecule has 2 rings (SSSR count). The first-order valence-electron chi connectivity index (χ1n) is 13.6. The van der Waals surface area contributed by atoms with Crippen molar-refractivity contribution in [2.75, 3.05) is 19.7 Å². The molecular weight excluding hydrogens is 496 g/mol. The highest BCUT2D eigenvalue weighted by Gasteiger charge is 2.42. The lowest BCUT2D eigenvalue weighted by Gasteiger charge is -2.34. The highest BCUT2D eigenvalue weighted by atomic mass is 16.5. The number of carbonyl (C=O) groups is 6. The first-order valence-corrected chi connectivity index (χ1v) is 13.6. The molecule has 1 heterocycles. The second-order valence-electron chi connectivity index (χ2n) is 10.5. The molecule has 3 unspecified atom stereocenters. The number of hydrogen-bond acceptors (Lipinski definition) is 7. The Labute approximate surface area is 223 Å². The van der Waals surface area contributed by atoms with Gasteiger partial charge in [-0.1, -0.05) is 46.5 Å². The second-order valence-corrected chi connectivity index (χ2v) is 10.5. The van der Waals surface area contributed by atoms with Crippen LogP contribution in [-0.2, 0) is 28.7 Å². The molecule has 2 aliphatic rings. The van der Waals surface area contributed by atoms with Gasteiger partial charge in [-0.25, -0.2) is 4.79 Å². The van der Waals surface area contributed by atoms with Crippen molar-refractivity contribution in [3.05, 3.63) is 0 Å².